The predicted molar refractivity (Wildman–Crippen MR) is 160 cm³/mol. The van der Waals surface area contributed by atoms with Crippen molar-refractivity contribution in [1.82, 2.24) is 9.80 Å². The van der Waals surface area contributed by atoms with Gasteiger partial charge in [0.2, 0.25) is 11.5 Å². The lowest BCUT2D eigenvalue weighted by Crippen LogP contribution is -2.32. The maximum atomic E-state index is 12.7. The smallest absolute Gasteiger partial charge is 0.338 e. The summed E-state index contributed by atoms with van der Waals surface area (Å²) < 4.78 is 37.8. The van der Waals surface area contributed by atoms with Crippen LogP contribution in [0.2, 0.25) is 0 Å². The number of carbonyl (C=O) groups excluding carboxylic acids is 1. The Morgan fingerprint density at radius 1 is 0.698 bits per heavy atom. The van der Waals surface area contributed by atoms with Crippen molar-refractivity contribution in [1.29, 1.82) is 0 Å². The molecule has 1 N–H and O–H groups in total. The normalized spacial score (nSPS) is 14.0. The van der Waals surface area contributed by atoms with Crippen LogP contribution in [0, 0.1) is 0 Å². The number of hydrogen-bond acceptors (Lipinski definition) is 11. The molecular weight excluding hydrogens is 560 g/mol. The highest BCUT2D eigenvalue weighted by atomic mass is 16.5. The zero-order valence-electron chi connectivity index (χ0n) is 26.0. The second kappa shape index (κ2) is 16.7. The maximum absolute atomic E-state index is 12.7. The van der Waals surface area contributed by atoms with Crippen molar-refractivity contribution in [2.45, 2.75) is 25.7 Å². The van der Waals surface area contributed by atoms with Crippen molar-refractivity contribution in [3.63, 3.8) is 0 Å². The molecule has 0 bridgehead atoms. The average molecular weight is 605 g/mol. The third-order valence-corrected chi connectivity index (χ3v) is 7.50. The first-order valence-electron chi connectivity index (χ1n) is 14.3. The third-order valence-electron chi connectivity index (χ3n) is 7.50. The molecule has 1 aliphatic heterocycles. The Labute approximate surface area is 253 Å². The summed E-state index contributed by atoms with van der Waals surface area (Å²) in [4.78, 5) is 29.4. The van der Waals surface area contributed by atoms with E-state index in [0.717, 1.165) is 52.1 Å². The van der Waals surface area contributed by atoms with Crippen molar-refractivity contribution < 1.29 is 47.9 Å². The predicted octanol–water partition coefficient (Wildman–Crippen LogP) is 3.62. The first kappa shape index (κ1) is 33.6. The van der Waals surface area contributed by atoms with Gasteiger partial charge in [-0.05, 0) is 63.5 Å². The molecule has 0 radical (unpaired) electrons. The summed E-state index contributed by atoms with van der Waals surface area (Å²) >= 11 is 0. The van der Waals surface area contributed by atoms with E-state index in [0.29, 0.717) is 65.1 Å². The van der Waals surface area contributed by atoms with Gasteiger partial charge in [-0.1, -0.05) is 0 Å². The number of carboxylic acid groups (broad SMARTS) is 1. The van der Waals surface area contributed by atoms with Gasteiger partial charge < -0.3 is 48.1 Å². The zero-order chi connectivity index (χ0) is 31.4. The first-order chi connectivity index (χ1) is 20.8. The molecule has 0 saturated carbocycles. The van der Waals surface area contributed by atoms with Crippen LogP contribution in [0.1, 0.15) is 45.5 Å². The highest BCUT2D eigenvalue weighted by Crippen LogP contribution is 2.42. The fourth-order valence-corrected chi connectivity index (χ4v) is 5.34. The minimum Gasteiger partial charge on any atom is -0.493 e. The lowest BCUT2D eigenvalue weighted by atomic mass is 9.99. The van der Waals surface area contributed by atoms with Crippen LogP contribution in [0.25, 0.3) is 0 Å². The monoisotopic (exact) mass is 604 g/mol. The molecule has 12 nitrogen and oxygen atoms in total. The van der Waals surface area contributed by atoms with Gasteiger partial charge in [0, 0.05) is 25.2 Å². The maximum Gasteiger partial charge on any atom is 0.338 e. The molecule has 0 spiro atoms. The minimum absolute atomic E-state index is 0.155. The third kappa shape index (κ3) is 8.57. The van der Waals surface area contributed by atoms with Gasteiger partial charge in [0.25, 0.3) is 0 Å². The quantitative estimate of drug-likeness (QED) is 0.222. The van der Waals surface area contributed by atoms with Crippen LogP contribution >= 0.6 is 0 Å². The number of benzene rings is 2. The lowest BCUT2D eigenvalue weighted by molar-refractivity contribution is 0.0487. The molecule has 0 unspecified atom stereocenters. The van der Waals surface area contributed by atoms with E-state index in [1.807, 2.05) is 0 Å². The number of methoxy groups -OCH3 is 6. The molecule has 0 amide bonds. The van der Waals surface area contributed by atoms with E-state index in [4.69, 9.17) is 33.2 Å². The second-order valence-electron chi connectivity index (χ2n) is 10.0. The number of hydrogen-bond donors (Lipinski definition) is 1. The van der Waals surface area contributed by atoms with E-state index < -0.39 is 11.9 Å². The Morgan fingerprint density at radius 2 is 1.23 bits per heavy atom. The van der Waals surface area contributed by atoms with Gasteiger partial charge in [-0.3, -0.25) is 0 Å². The van der Waals surface area contributed by atoms with E-state index >= 15 is 0 Å². The SMILES string of the molecule is COc1cc(C(=O)OCCCN2CCCN(CCCc3c(C(=O)O)cc(OC)c(OC)c3OC)CC2)cc(OC)c1OC. The lowest BCUT2D eigenvalue weighted by Gasteiger charge is -2.22. The molecule has 1 heterocycles. The van der Waals surface area contributed by atoms with Crippen molar-refractivity contribution in [3.8, 4) is 34.5 Å². The van der Waals surface area contributed by atoms with E-state index in [1.54, 1.807) is 12.1 Å². The molecule has 43 heavy (non-hydrogen) atoms. The number of rotatable bonds is 16. The molecule has 0 atom stereocenters. The van der Waals surface area contributed by atoms with Crippen molar-refractivity contribution >= 4 is 11.9 Å². The van der Waals surface area contributed by atoms with Crippen LogP contribution in [0.15, 0.2) is 18.2 Å². The Hall–Kier alpha value is -3.90. The van der Waals surface area contributed by atoms with Gasteiger partial charge >= 0.3 is 11.9 Å². The van der Waals surface area contributed by atoms with Gasteiger partial charge in [0.05, 0.1) is 60.4 Å². The summed E-state index contributed by atoms with van der Waals surface area (Å²) in [5.41, 5.74) is 1.09. The number of esters is 1. The molecular formula is C31H44N2O10. The highest BCUT2D eigenvalue weighted by Gasteiger charge is 2.24. The van der Waals surface area contributed by atoms with Crippen LogP contribution in [0.4, 0.5) is 0 Å². The summed E-state index contributed by atoms with van der Waals surface area (Å²) in [5, 5.41) is 9.81. The Balaban J connectivity index is 1.47. The van der Waals surface area contributed by atoms with Gasteiger partial charge in [-0.25, -0.2) is 9.59 Å². The molecule has 0 aromatic heterocycles. The highest BCUT2D eigenvalue weighted by molar-refractivity contribution is 5.92. The molecule has 1 fully saturated rings. The second-order valence-corrected chi connectivity index (χ2v) is 10.0. The van der Waals surface area contributed by atoms with Crippen LogP contribution in [0.3, 0.4) is 0 Å². The Morgan fingerprint density at radius 3 is 1.74 bits per heavy atom. The van der Waals surface area contributed by atoms with E-state index in [1.165, 1.54) is 48.7 Å². The van der Waals surface area contributed by atoms with Crippen LogP contribution < -0.4 is 28.4 Å². The fraction of sp³-hybridized carbons (Fsp3) is 0.548. The number of ether oxygens (including phenoxy) is 7. The number of nitrogens with zero attached hydrogens (tertiary/aromatic N) is 2. The molecule has 3 rings (SSSR count). The molecule has 2 aromatic carbocycles. The summed E-state index contributed by atoms with van der Waals surface area (Å²) in [6.07, 6.45) is 3.03. The fourth-order valence-electron chi connectivity index (χ4n) is 5.34. The molecule has 0 aliphatic carbocycles. The summed E-state index contributed by atoms with van der Waals surface area (Å²) in [7, 11) is 8.99. The molecule has 2 aromatic rings. The molecule has 1 aliphatic rings. The van der Waals surface area contributed by atoms with Gasteiger partial charge in [0.15, 0.2) is 23.0 Å². The van der Waals surface area contributed by atoms with Gasteiger partial charge in [-0.15, -0.1) is 0 Å². The molecule has 12 heteroatoms. The van der Waals surface area contributed by atoms with Gasteiger partial charge in [0.1, 0.15) is 0 Å². The van der Waals surface area contributed by atoms with Gasteiger partial charge in [-0.2, -0.15) is 0 Å². The number of carbonyl (C=O) groups is 2. The van der Waals surface area contributed by atoms with Crippen LogP contribution in [-0.4, -0.2) is 115 Å². The standard InChI is InChI=1S/C31H44N2O10/c1-37-24-18-21(19-25(38-2)28(24)41-5)31(36)43-17-9-14-33-13-8-12-32(15-16-33)11-7-10-22-23(30(34)35)20-26(39-3)29(42-6)27(22)40-4/h18-20H,7-17H2,1-6H3,(H,34,35). The number of carboxylic acids is 1. The Kier molecular flexibility index (Phi) is 13.0. The topological polar surface area (TPSA) is 125 Å². The largest absolute Gasteiger partial charge is 0.493 e. The van der Waals surface area contributed by atoms with E-state index in [-0.39, 0.29) is 5.56 Å². The number of aromatic carboxylic acids is 1. The summed E-state index contributed by atoms with van der Waals surface area (Å²) in [6.45, 7) is 5.68. The average Bonchev–Trinajstić information content (AvgIpc) is 3.26. The van der Waals surface area contributed by atoms with Crippen molar-refractivity contribution in [3.05, 3.63) is 34.9 Å². The van der Waals surface area contributed by atoms with Crippen molar-refractivity contribution in [2.75, 3.05) is 88.5 Å². The zero-order valence-corrected chi connectivity index (χ0v) is 26.0. The van der Waals surface area contributed by atoms with E-state index in [2.05, 4.69) is 9.80 Å². The Bertz CT molecular complexity index is 1210. The summed E-state index contributed by atoms with van der Waals surface area (Å²) in [5.74, 6) is 0.844. The van der Waals surface area contributed by atoms with Crippen molar-refractivity contribution in [2.24, 2.45) is 0 Å². The van der Waals surface area contributed by atoms with Crippen LogP contribution in [-0.2, 0) is 11.2 Å². The molecule has 1 saturated heterocycles. The minimum atomic E-state index is -1.03. The van der Waals surface area contributed by atoms with Crippen LogP contribution in [0.5, 0.6) is 34.5 Å². The van der Waals surface area contributed by atoms with E-state index in [9.17, 15) is 14.7 Å². The molecule has 238 valence electrons. The summed E-state index contributed by atoms with van der Waals surface area (Å²) in [6, 6.07) is 4.65. The first-order valence-corrected chi connectivity index (χ1v) is 14.3.